The van der Waals surface area contributed by atoms with E-state index in [0.29, 0.717) is 18.1 Å². The average Bonchev–Trinajstić information content (AvgIpc) is 2.84. The number of hydrogen-bond acceptors (Lipinski definition) is 4. The molecule has 2 rings (SSSR count). The van der Waals surface area contributed by atoms with Gasteiger partial charge in [0, 0.05) is 12.6 Å². The Morgan fingerprint density at radius 1 is 1.50 bits per heavy atom. The van der Waals surface area contributed by atoms with E-state index in [1.165, 1.54) is 18.5 Å². The van der Waals surface area contributed by atoms with E-state index < -0.39 is 5.82 Å². The summed E-state index contributed by atoms with van der Waals surface area (Å²) < 4.78 is 20.4. The van der Waals surface area contributed by atoms with Crippen molar-refractivity contribution in [3.8, 4) is 11.8 Å². The Morgan fingerprint density at radius 3 is 3.00 bits per heavy atom. The molecule has 1 aromatic heterocycles. The van der Waals surface area contributed by atoms with Gasteiger partial charge >= 0.3 is 0 Å². The molecule has 0 unspecified atom stereocenters. The minimum atomic E-state index is -0.591. The molecule has 5 nitrogen and oxygen atoms in total. The topological polar surface area (TPSA) is 63.7 Å². The third kappa shape index (κ3) is 2.46. The van der Waals surface area contributed by atoms with Crippen molar-refractivity contribution >= 4 is 0 Å². The standard InChI is InChI=1S/C12H11FN4O/c1-2-17-12(15-8-16-17)7-18-10-4-3-9(6-14)11(13)5-10/h3-5,8H,2,7H2,1H3. The monoisotopic (exact) mass is 246 g/mol. The molecule has 92 valence electrons. The Bertz CT molecular complexity index is 588. The summed E-state index contributed by atoms with van der Waals surface area (Å²) in [5.41, 5.74) is -0.000856. The zero-order valence-corrected chi connectivity index (χ0v) is 9.80. The van der Waals surface area contributed by atoms with E-state index in [0.717, 1.165) is 0 Å². The Hall–Kier alpha value is -2.42. The Morgan fingerprint density at radius 2 is 2.33 bits per heavy atom. The molecule has 0 aliphatic rings. The van der Waals surface area contributed by atoms with Crippen molar-refractivity contribution in [3.63, 3.8) is 0 Å². The van der Waals surface area contributed by atoms with E-state index >= 15 is 0 Å². The normalized spacial score (nSPS) is 10.1. The smallest absolute Gasteiger partial charge is 0.164 e. The maximum absolute atomic E-state index is 13.3. The van der Waals surface area contributed by atoms with Gasteiger partial charge in [-0.1, -0.05) is 0 Å². The molecule has 18 heavy (non-hydrogen) atoms. The second-order valence-electron chi connectivity index (χ2n) is 3.53. The fourth-order valence-electron chi connectivity index (χ4n) is 1.49. The third-order valence-corrected chi connectivity index (χ3v) is 2.42. The Kier molecular flexibility index (Phi) is 3.53. The number of ether oxygens (including phenoxy) is 1. The third-order valence-electron chi connectivity index (χ3n) is 2.42. The summed E-state index contributed by atoms with van der Waals surface area (Å²) in [5, 5.41) is 12.6. The van der Waals surface area contributed by atoms with Crippen LogP contribution >= 0.6 is 0 Å². The Balaban J connectivity index is 2.07. The lowest BCUT2D eigenvalue weighted by Crippen LogP contribution is -2.07. The van der Waals surface area contributed by atoms with Crippen LogP contribution in [0.25, 0.3) is 0 Å². The zero-order chi connectivity index (χ0) is 13.0. The first kappa shape index (κ1) is 12.0. The van der Waals surface area contributed by atoms with E-state index in [1.807, 2.05) is 6.92 Å². The maximum Gasteiger partial charge on any atom is 0.164 e. The fourth-order valence-corrected chi connectivity index (χ4v) is 1.49. The van der Waals surface area contributed by atoms with Gasteiger partial charge < -0.3 is 4.74 Å². The highest BCUT2D eigenvalue weighted by atomic mass is 19.1. The molecule has 1 aromatic carbocycles. The van der Waals surface area contributed by atoms with Gasteiger partial charge in [0.15, 0.2) is 5.82 Å². The van der Waals surface area contributed by atoms with Crippen molar-refractivity contribution in [2.24, 2.45) is 0 Å². The first-order valence-electron chi connectivity index (χ1n) is 5.43. The molecule has 0 aliphatic heterocycles. The highest BCUT2D eigenvalue weighted by Crippen LogP contribution is 2.16. The second-order valence-corrected chi connectivity index (χ2v) is 3.53. The summed E-state index contributed by atoms with van der Waals surface area (Å²) in [6, 6.07) is 5.87. The van der Waals surface area contributed by atoms with Crippen LogP contribution in [0.4, 0.5) is 4.39 Å². The zero-order valence-electron chi connectivity index (χ0n) is 9.80. The lowest BCUT2D eigenvalue weighted by molar-refractivity contribution is 0.286. The number of aryl methyl sites for hydroxylation is 1. The van der Waals surface area contributed by atoms with Gasteiger partial charge in [0.1, 0.15) is 30.6 Å². The molecule has 0 saturated carbocycles. The van der Waals surface area contributed by atoms with Crippen LogP contribution < -0.4 is 4.74 Å². The average molecular weight is 246 g/mol. The summed E-state index contributed by atoms with van der Waals surface area (Å²) in [5.74, 6) is 0.436. The summed E-state index contributed by atoms with van der Waals surface area (Å²) in [6.45, 7) is 2.85. The van der Waals surface area contributed by atoms with E-state index in [4.69, 9.17) is 10.00 Å². The summed E-state index contributed by atoms with van der Waals surface area (Å²) in [6.07, 6.45) is 1.45. The molecule has 0 amide bonds. The van der Waals surface area contributed by atoms with Crippen LogP contribution in [0.2, 0.25) is 0 Å². The van der Waals surface area contributed by atoms with Gasteiger partial charge in [-0.2, -0.15) is 10.4 Å². The van der Waals surface area contributed by atoms with Crippen molar-refractivity contribution in [2.45, 2.75) is 20.1 Å². The highest BCUT2D eigenvalue weighted by Gasteiger charge is 2.06. The molecule has 0 fully saturated rings. The van der Waals surface area contributed by atoms with Gasteiger partial charge in [0.2, 0.25) is 0 Å². The highest BCUT2D eigenvalue weighted by molar-refractivity contribution is 5.36. The molecule has 0 saturated heterocycles. The number of aromatic nitrogens is 3. The van der Waals surface area contributed by atoms with Gasteiger partial charge in [-0.05, 0) is 19.1 Å². The minimum absolute atomic E-state index is 0.000856. The number of rotatable bonds is 4. The molecule has 0 N–H and O–H groups in total. The van der Waals surface area contributed by atoms with E-state index in [2.05, 4.69) is 10.1 Å². The molecule has 6 heteroatoms. The van der Waals surface area contributed by atoms with Gasteiger partial charge in [-0.25, -0.2) is 14.1 Å². The molecule has 0 spiro atoms. The number of nitrogens with zero attached hydrogens (tertiary/aromatic N) is 4. The van der Waals surface area contributed by atoms with Gasteiger partial charge in [0.25, 0.3) is 0 Å². The summed E-state index contributed by atoms with van der Waals surface area (Å²) in [7, 11) is 0. The first-order valence-corrected chi connectivity index (χ1v) is 5.43. The van der Waals surface area contributed by atoms with Crippen LogP contribution in [0.15, 0.2) is 24.5 Å². The summed E-state index contributed by atoms with van der Waals surface area (Å²) in [4.78, 5) is 4.04. The minimum Gasteiger partial charge on any atom is -0.486 e. The van der Waals surface area contributed by atoms with E-state index in [-0.39, 0.29) is 12.2 Å². The molecular weight excluding hydrogens is 235 g/mol. The van der Waals surface area contributed by atoms with Crippen LogP contribution in [-0.2, 0) is 13.2 Å². The van der Waals surface area contributed by atoms with Crippen molar-refractivity contribution in [3.05, 3.63) is 41.7 Å². The number of benzene rings is 1. The van der Waals surface area contributed by atoms with Crippen LogP contribution in [0, 0.1) is 17.1 Å². The molecule has 2 aromatic rings. The van der Waals surface area contributed by atoms with Crippen molar-refractivity contribution in [1.29, 1.82) is 5.26 Å². The van der Waals surface area contributed by atoms with E-state index in [1.54, 1.807) is 16.8 Å². The van der Waals surface area contributed by atoms with Crippen molar-refractivity contribution in [1.82, 2.24) is 14.8 Å². The Labute approximate surface area is 103 Å². The van der Waals surface area contributed by atoms with Gasteiger partial charge in [0.05, 0.1) is 5.56 Å². The molecular formula is C12H11FN4O. The lowest BCUT2D eigenvalue weighted by atomic mass is 10.2. The van der Waals surface area contributed by atoms with Crippen molar-refractivity contribution < 1.29 is 9.13 Å². The largest absolute Gasteiger partial charge is 0.486 e. The molecule has 0 bridgehead atoms. The fraction of sp³-hybridized carbons (Fsp3) is 0.250. The predicted molar refractivity (Wildman–Crippen MR) is 61.1 cm³/mol. The van der Waals surface area contributed by atoms with Crippen LogP contribution in [0.3, 0.4) is 0 Å². The van der Waals surface area contributed by atoms with Crippen LogP contribution in [0.5, 0.6) is 5.75 Å². The second kappa shape index (κ2) is 5.27. The van der Waals surface area contributed by atoms with Crippen molar-refractivity contribution in [2.75, 3.05) is 0 Å². The number of halogens is 1. The number of hydrogen-bond donors (Lipinski definition) is 0. The van der Waals surface area contributed by atoms with Gasteiger partial charge in [-0.3, -0.25) is 0 Å². The SMILES string of the molecule is CCn1ncnc1COc1ccc(C#N)c(F)c1. The maximum atomic E-state index is 13.3. The lowest BCUT2D eigenvalue weighted by Gasteiger charge is -2.06. The van der Waals surface area contributed by atoms with Crippen LogP contribution in [-0.4, -0.2) is 14.8 Å². The quantitative estimate of drug-likeness (QED) is 0.826. The van der Waals surface area contributed by atoms with Crippen LogP contribution in [0.1, 0.15) is 18.3 Å². The molecule has 0 aliphatic carbocycles. The first-order chi connectivity index (χ1) is 8.74. The predicted octanol–water partition coefficient (Wildman–Crippen LogP) is 1.89. The summed E-state index contributed by atoms with van der Waals surface area (Å²) >= 11 is 0. The molecule has 0 atom stereocenters. The van der Waals surface area contributed by atoms with E-state index in [9.17, 15) is 4.39 Å². The molecule has 0 radical (unpaired) electrons. The number of nitriles is 1. The molecule has 1 heterocycles. The van der Waals surface area contributed by atoms with Gasteiger partial charge in [-0.15, -0.1) is 0 Å².